The van der Waals surface area contributed by atoms with E-state index in [2.05, 4.69) is 19.5 Å². The van der Waals surface area contributed by atoms with Crippen molar-refractivity contribution in [2.24, 2.45) is 0 Å². The Morgan fingerprint density at radius 1 is 0.724 bits per heavy atom. The molecule has 0 spiro atoms. The molecule has 0 fully saturated rings. The van der Waals surface area contributed by atoms with Gasteiger partial charge in [-0.15, -0.1) is 0 Å². The zero-order chi connectivity index (χ0) is 22.1. The molecule has 11 heteroatoms. The van der Waals surface area contributed by atoms with Gasteiger partial charge in [0.05, 0.1) is 54.1 Å². The van der Waals surface area contributed by atoms with Crippen LogP contribution in [0.4, 0.5) is 0 Å². The summed E-state index contributed by atoms with van der Waals surface area (Å²) in [5.74, 6) is -1.81. The van der Waals surface area contributed by atoms with E-state index in [1.807, 2.05) is 6.92 Å². The van der Waals surface area contributed by atoms with Crippen molar-refractivity contribution in [2.75, 3.05) is 80.4 Å². The number of ether oxygens (including phenoxy) is 4. The molecular formula is C18H33N3O8. The van der Waals surface area contributed by atoms with Gasteiger partial charge in [-0.1, -0.05) is 6.92 Å². The first-order valence-electron chi connectivity index (χ1n) is 9.35. The van der Waals surface area contributed by atoms with Gasteiger partial charge in [0.25, 0.3) is 0 Å². The molecule has 0 atom stereocenters. The lowest BCUT2D eigenvalue weighted by Crippen LogP contribution is -2.46. The van der Waals surface area contributed by atoms with Crippen molar-refractivity contribution in [3.05, 3.63) is 0 Å². The Labute approximate surface area is 171 Å². The molecule has 0 saturated carbocycles. The molecule has 0 aliphatic heterocycles. The van der Waals surface area contributed by atoms with Crippen molar-refractivity contribution < 1.29 is 38.1 Å². The van der Waals surface area contributed by atoms with Crippen LogP contribution in [0, 0.1) is 0 Å². The maximum Gasteiger partial charge on any atom is 0.319 e. The standard InChI is InChI=1S/C18H33N3O8/c1-5-9-29-10-6-19-15(22)11-20(12-16(23)26-2)7-8-21(13-17(24)27-3)14-18(25)28-4/h5-14H2,1-4H3,(H,19,22). The maximum atomic E-state index is 12.1. The Bertz CT molecular complexity index is 497. The highest BCUT2D eigenvalue weighted by atomic mass is 16.5. The second-order valence-electron chi connectivity index (χ2n) is 6.11. The molecule has 168 valence electrons. The summed E-state index contributed by atoms with van der Waals surface area (Å²) in [5.41, 5.74) is 0. The van der Waals surface area contributed by atoms with Crippen molar-refractivity contribution in [2.45, 2.75) is 13.3 Å². The first-order chi connectivity index (χ1) is 13.9. The Kier molecular flexibility index (Phi) is 15.4. The average molecular weight is 419 g/mol. The van der Waals surface area contributed by atoms with Crippen LogP contribution in [0.2, 0.25) is 0 Å². The molecular weight excluding hydrogens is 386 g/mol. The van der Waals surface area contributed by atoms with Gasteiger partial charge in [-0.25, -0.2) is 0 Å². The monoisotopic (exact) mass is 419 g/mol. The van der Waals surface area contributed by atoms with E-state index in [4.69, 9.17) is 4.74 Å². The molecule has 0 aromatic heterocycles. The fourth-order valence-corrected chi connectivity index (χ4v) is 2.22. The van der Waals surface area contributed by atoms with Crippen LogP contribution in [0.25, 0.3) is 0 Å². The fourth-order valence-electron chi connectivity index (χ4n) is 2.22. The molecule has 0 aliphatic rings. The SMILES string of the molecule is CCCOCCNC(=O)CN(CCN(CC(=O)OC)CC(=O)OC)CC(=O)OC. The minimum absolute atomic E-state index is 0.0484. The summed E-state index contributed by atoms with van der Waals surface area (Å²) in [7, 11) is 3.75. The minimum Gasteiger partial charge on any atom is -0.468 e. The summed E-state index contributed by atoms with van der Waals surface area (Å²) in [6.07, 6.45) is 0.897. The molecule has 11 nitrogen and oxygen atoms in total. The zero-order valence-electron chi connectivity index (χ0n) is 17.7. The molecule has 0 unspecified atom stereocenters. The second-order valence-corrected chi connectivity index (χ2v) is 6.11. The lowest BCUT2D eigenvalue weighted by molar-refractivity contribution is -0.147. The largest absolute Gasteiger partial charge is 0.468 e. The van der Waals surface area contributed by atoms with E-state index in [9.17, 15) is 19.2 Å². The zero-order valence-corrected chi connectivity index (χ0v) is 17.7. The molecule has 0 rings (SSSR count). The number of esters is 3. The molecule has 0 bridgehead atoms. The van der Waals surface area contributed by atoms with Crippen LogP contribution >= 0.6 is 0 Å². The van der Waals surface area contributed by atoms with Crippen LogP contribution in [0.3, 0.4) is 0 Å². The molecule has 0 radical (unpaired) electrons. The highest BCUT2D eigenvalue weighted by Crippen LogP contribution is 1.97. The molecule has 0 saturated heterocycles. The van der Waals surface area contributed by atoms with E-state index >= 15 is 0 Å². The number of methoxy groups -OCH3 is 3. The van der Waals surface area contributed by atoms with E-state index in [1.165, 1.54) is 26.2 Å². The van der Waals surface area contributed by atoms with Crippen LogP contribution in [-0.4, -0.2) is 114 Å². The van der Waals surface area contributed by atoms with Crippen LogP contribution in [0.15, 0.2) is 0 Å². The third-order valence-corrected chi connectivity index (χ3v) is 3.76. The van der Waals surface area contributed by atoms with Gasteiger partial charge in [0.15, 0.2) is 0 Å². The summed E-state index contributed by atoms with van der Waals surface area (Å²) >= 11 is 0. The number of nitrogens with one attached hydrogen (secondary N) is 1. The van der Waals surface area contributed by atoms with E-state index in [0.717, 1.165) is 6.42 Å². The second kappa shape index (κ2) is 16.7. The van der Waals surface area contributed by atoms with E-state index in [1.54, 1.807) is 4.90 Å². The predicted octanol–water partition coefficient (Wildman–Crippen LogP) is -1.35. The predicted molar refractivity (Wildman–Crippen MR) is 103 cm³/mol. The molecule has 1 amide bonds. The van der Waals surface area contributed by atoms with Gasteiger partial charge < -0.3 is 24.3 Å². The normalized spacial score (nSPS) is 10.7. The summed E-state index contributed by atoms with van der Waals surface area (Å²) < 4.78 is 19.2. The lowest BCUT2D eigenvalue weighted by Gasteiger charge is -2.25. The number of amides is 1. The number of rotatable bonds is 16. The third kappa shape index (κ3) is 14.4. The van der Waals surface area contributed by atoms with Crippen LogP contribution in [0.1, 0.15) is 13.3 Å². The van der Waals surface area contributed by atoms with Crippen molar-refractivity contribution in [1.29, 1.82) is 0 Å². The number of hydrogen-bond acceptors (Lipinski definition) is 10. The van der Waals surface area contributed by atoms with Crippen LogP contribution in [-0.2, 0) is 38.1 Å². The molecule has 0 aromatic rings. The maximum absolute atomic E-state index is 12.1. The topological polar surface area (TPSA) is 124 Å². The van der Waals surface area contributed by atoms with Crippen molar-refractivity contribution in [3.63, 3.8) is 0 Å². The van der Waals surface area contributed by atoms with Crippen LogP contribution in [0.5, 0.6) is 0 Å². The molecule has 29 heavy (non-hydrogen) atoms. The van der Waals surface area contributed by atoms with Gasteiger partial charge in [-0.3, -0.25) is 29.0 Å². The highest BCUT2D eigenvalue weighted by Gasteiger charge is 2.19. The number of hydrogen-bond donors (Lipinski definition) is 1. The van der Waals surface area contributed by atoms with Gasteiger partial charge in [0.1, 0.15) is 0 Å². The molecule has 0 heterocycles. The van der Waals surface area contributed by atoms with E-state index in [-0.39, 0.29) is 45.2 Å². The Balaban J connectivity index is 4.73. The Hall–Kier alpha value is -2.24. The van der Waals surface area contributed by atoms with E-state index < -0.39 is 17.9 Å². The van der Waals surface area contributed by atoms with E-state index in [0.29, 0.717) is 19.8 Å². The van der Waals surface area contributed by atoms with Crippen molar-refractivity contribution >= 4 is 23.8 Å². The number of carbonyl (C=O) groups excluding carboxylic acids is 4. The van der Waals surface area contributed by atoms with Crippen molar-refractivity contribution in [3.8, 4) is 0 Å². The Morgan fingerprint density at radius 2 is 1.17 bits per heavy atom. The first kappa shape index (κ1) is 26.8. The van der Waals surface area contributed by atoms with Gasteiger partial charge in [-0.05, 0) is 6.42 Å². The van der Waals surface area contributed by atoms with Gasteiger partial charge in [0, 0.05) is 26.2 Å². The quantitative estimate of drug-likeness (QED) is 0.182. The first-order valence-corrected chi connectivity index (χ1v) is 9.35. The van der Waals surface area contributed by atoms with Crippen LogP contribution < -0.4 is 5.32 Å². The van der Waals surface area contributed by atoms with Gasteiger partial charge >= 0.3 is 17.9 Å². The van der Waals surface area contributed by atoms with Gasteiger partial charge in [0.2, 0.25) is 5.91 Å². The smallest absolute Gasteiger partial charge is 0.319 e. The molecule has 0 aliphatic carbocycles. The molecule has 1 N–H and O–H groups in total. The highest BCUT2D eigenvalue weighted by molar-refractivity contribution is 5.79. The fraction of sp³-hybridized carbons (Fsp3) is 0.778. The number of carbonyl (C=O) groups is 4. The number of nitrogens with zero attached hydrogens (tertiary/aromatic N) is 2. The lowest BCUT2D eigenvalue weighted by atomic mass is 10.3. The van der Waals surface area contributed by atoms with Gasteiger partial charge in [-0.2, -0.15) is 0 Å². The van der Waals surface area contributed by atoms with Crippen molar-refractivity contribution in [1.82, 2.24) is 15.1 Å². The molecule has 0 aromatic carbocycles. The summed E-state index contributed by atoms with van der Waals surface area (Å²) in [6, 6.07) is 0. The average Bonchev–Trinajstić information content (AvgIpc) is 2.71. The summed E-state index contributed by atoms with van der Waals surface area (Å²) in [5, 5.41) is 2.71. The minimum atomic E-state index is -0.516. The summed E-state index contributed by atoms with van der Waals surface area (Å²) in [4.78, 5) is 50.0. The third-order valence-electron chi connectivity index (χ3n) is 3.76. The summed E-state index contributed by atoms with van der Waals surface area (Å²) in [6.45, 7) is 3.44. The Morgan fingerprint density at radius 3 is 1.59 bits per heavy atom.